The van der Waals surface area contributed by atoms with E-state index in [1.807, 2.05) is 0 Å². The summed E-state index contributed by atoms with van der Waals surface area (Å²) in [6.07, 6.45) is 0. The van der Waals surface area contributed by atoms with Gasteiger partial charge >= 0.3 is 17.1 Å². The summed E-state index contributed by atoms with van der Waals surface area (Å²) in [4.78, 5) is 0. The number of nitrogens with one attached hydrogen (secondary N) is 2. The zero-order chi connectivity index (χ0) is 5.41. The van der Waals surface area contributed by atoms with Crippen molar-refractivity contribution in [1.29, 1.82) is 10.8 Å². The molecule has 5 heteroatoms. The summed E-state index contributed by atoms with van der Waals surface area (Å²) < 4.78 is 0. The van der Waals surface area contributed by atoms with Crippen molar-refractivity contribution in [2.24, 2.45) is 0 Å². The summed E-state index contributed by atoms with van der Waals surface area (Å²) in [5.74, 6) is 0. The SMILES string of the molecule is N=C=S.N=C=S.[SeH2]. The van der Waals surface area contributed by atoms with Crippen molar-refractivity contribution in [2.75, 3.05) is 0 Å². The molecule has 0 aliphatic heterocycles. The van der Waals surface area contributed by atoms with Crippen LogP contribution in [0.2, 0.25) is 0 Å². The fourth-order valence-corrected chi connectivity index (χ4v) is 0. The Morgan fingerprint density at radius 1 is 1.00 bits per heavy atom. The van der Waals surface area contributed by atoms with E-state index in [1.54, 1.807) is 10.3 Å². The molecule has 0 aromatic rings. The van der Waals surface area contributed by atoms with Crippen LogP contribution in [0, 0.1) is 10.8 Å². The third-order valence-electron chi connectivity index (χ3n) is 0. The molecule has 0 unspecified atom stereocenters. The molecule has 0 heterocycles. The van der Waals surface area contributed by atoms with Crippen LogP contribution in [0.3, 0.4) is 0 Å². The van der Waals surface area contributed by atoms with E-state index in [0.29, 0.717) is 0 Å². The van der Waals surface area contributed by atoms with E-state index in [9.17, 15) is 0 Å². The van der Waals surface area contributed by atoms with Crippen molar-refractivity contribution in [1.82, 2.24) is 0 Å². The van der Waals surface area contributed by atoms with Crippen LogP contribution in [0.5, 0.6) is 0 Å². The van der Waals surface area contributed by atoms with Gasteiger partial charge in [-0.2, -0.15) is 0 Å². The quantitative estimate of drug-likeness (QED) is 0.337. The van der Waals surface area contributed by atoms with Crippen LogP contribution in [0.1, 0.15) is 0 Å². The topological polar surface area (TPSA) is 47.7 Å². The van der Waals surface area contributed by atoms with Gasteiger partial charge in [0.25, 0.3) is 0 Å². The zero-order valence-corrected chi connectivity index (χ0v) is 7.05. The molecule has 0 saturated carbocycles. The molecule has 2 nitrogen and oxygen atoms in total. The standard InChI is InChI=1S/2CHNS.H2Se/c2*2-1-3;/h2*2H;1H2. The summed E-state index contributed by atoms with van der Waals surface area (Å²) >= 11 is 7.62. The van der Waals surface area contributed by atoms with E-state index in [-0.39, 0.29) is 17.1 Å². The monoisotopic (exact) mass is 200 g/mol. The number of hydrogen-bond donors (Lipinski definition) is 2. The van der Waals surface area contributed by atoms with Gasteiger partial charge in [-0.1, -0.05) is 0 Å². The van der Waals surface area contributed by atoms with Crippen molar-refractivity contribution in [3.63, 3.8) is 0 Å². The van der Waals surface area contributed by atoms with Crippen LogP contribution in [0.15, 0.2) is 0 Å². The molecule has 0 radical (unpaired) electrons. The average molecular weight is 199 g/mol. The molecule has 0 aliphatic rings. The summed E-state index contributed by atoms with van der Waals surface area (Å²) in [6, 6.07) is 0. The third-order valence-corrected chi connectivity index (χ3v) is 0. The molecule has 0 amide bonds. The molecule has 7 heavy (non-hydrogen) atoms. The first-order chi connectivity index (χ1) is 2.83. The van der Waals surface area contributed by atoms with Crippen molar-refractivity contribution in [3.05, 3.63) is 0 Å². The number of thiocarbonyl (C=S) groups is 2. The van der Waals surface area contributed by atoms with Crippen molar-refractivity contribution < 1.29 is 0 Å². The van der Waals surface area contributed by atoms with Gasteiger partial charge in [0.05, 0.1) is 10.3 Å². The van der Waals surface area contributed by atoms with Crippen molar-refractivity contribution in [2.45, 2.75) is 0 Å². The van der Waals surface area contributed by atoms with Crippen LogP contribution in [-0.4, -0.2) is 27.4 Å². The van der Waals surface area contributed by atoms with Gasteiger partial charge < -0.3 is 0 Å². The molecule has 0 bridgehead atoms. The van der Waals surface area contributed by atoms with Crippen LogP contribution in [0.4, 0.5) is 0 Å². The van der Waals surface area contributed by atoms with E-state index in [1.165, 1.54) is 0 Å². The van der Waals surface area contributed by atoms with Gasteiger partial charge in [-0.3, -0.25) is 0 Å². The van der Waals surface area contributed by atoms with E-state index >= 15 is 0 Å². The summed E-state index contributed by atoms with van der Waals surface area (Å²) in [6.45, 7) is 0. The fourth-order valence-electron chi connectivity index (χ4n) is 0. The number of isothiocyanates is 2. The third kappa shape index (κ3) is 7270. The van der Waals surface area contributed by atoms with E-state index in [2.05, 4.69) is 24.4 Å². The van der Waals surface area contributed by atoms with Gasteiger partial charge in [0.15, 0.2) is 0 Å². The van der Waals surface area contributed by atoms with Gasteiger partial charge in [0, 0.05) is 0 Å². The van der Waals surface area contributed by atoms with Crippen molar-refractivity contribution >= 4 is 51.8 Å². The molecule has 2 N–H and O–H groups in total. The van der Waals surface area contributed by atoms with Gasteiger partial charge in [0.1, 0.15) is 0 Å². The van der Waals surface area contributed by atoms with E-state index in [0.717, 1.165) is 0 Å². The Labute approximate surface area is 62.8 Å². The number of rotatable bonds is 0. The Morgan fingerprint density at radius 2 is 1.00 bits per heavy atom. The first-order valence-electron chi connectivity index (χ1n) is 0.908. The Morgan fingerprint density at radius 3 is 1.00 bits per heavy atom. The molecule has 0 fully saturated rings. The predicted molar refractivity (Wildman–Crippen MR) is 39.2 cm³/mol. The second-order valence-electron chi connectivity index (χ2n) is 0.204. The first kappa shape index (κ1) is 15.7. The molecular formula is C2H4N2S2Se. The van der Waals surface area contributed by atoms with Crippen LogP contribution < -0.4 is 0 Å². The summed E-state index contributed by atoms with van der Waals surface area (Å²) in [7, 11) is 0. The van der Waals surface area contributed by atoms with Crippen molar-refractivity contribution in [3.8, 4) is 0 Å². The Kier molecular flexibility index (Phi) is 80.1. The molecule has 0 spiro atoms. The zero-order valence-electron chi connectivity index (χ0n) is 3.32. The summed E-state index contributed by atoms with van der Waals surface area (Å²) in [5, 5.41) is 14.7. The molecule has 0 atom stereocenters. The van der Waals surface area contributed by atoms with Gasteiger partial charge in [-0.25, -0.2) is 10.8 Å². The molecule has 0 saturated heterocycles. The Balaban J connectivity index is -0.0000000400. The number of hydrogen-bond acceptors (Lipinski definition) is 4. The van der Waals surface area contributed by atoms with E-state index < -0.39 is 0 Å². The Hall–Kier alpha value is 0.119. The molecule has 40 valence electrons. The normalized spacial score (nSPS) is 2.29. The van der Waals surface area contributed by atoms with Crippen LogP contribution >= 0.6 is 24.4 Å². The predicted octanol–water partition coefficient (Wildman–Crippen LogP) is 0.420. The fraction of sp³-hybridized carbons (Fsp3) is 0. The van der Waals surface area contributed by atoms with Gasteiger partial charge in [-0.15, -0.1) is 0 Å². The molecule has 0 aliphatic carbocycles. The van der Waals surface area contributed by atoms with Crippen LogP contribution in [-0.2, 0) is 0 Å². The van der Waals surface area contributed by atoms with Gasteiger partial charge in [0.2, 0.25) is 0 Å². The molecular weight excluding hydrogens is 195 g/mol. The second-order valence-corrected chi connectivity index (χ2v) is 0.612. The summed E-state index contributed by atoms with van der Waals surface area (Å²) in [5.41, 5.74) is 0. The molecule has 0 aromatic carbocycles. The molecule has 0 rings (SSSR count). The first-order valence-corrected chi connectivity index (χ1v) is 1.72. The Bertz CT molecular complexity index is 67.7. The van der Waals surface area contributed by atoms with Gasteiger partial charge in [-0.05, 0) is 24.4 Å². The minimum absolute atomic E-state index is 0. The average Bonchev–Trinajstić information content (AvgIpc) is 1.39. The van der Waals surface area contributed by atoms with E-state index in [4.69, 9.17) is 10.8 Å². The minimum atomic E-state index is 0. The maximum absolute atomic E-state index is 5.77. The molecule has 0 aromatic heterocycles. The van der Waals surface area contributed by atoms with Crippen LogP contribution in [0.25, 0.3) is 0 Å². The second kappa shape index (κ2) is 35.7. The maximum atomic E-state index is 5.77.